The van der Waals surface area contributed by atoms with Crippen LogP contribution in [-0.4, -0.2) is 27.7 Å². The molecule has 0 aliphatic heterocycles. The van der Waals surface area contributed by atoms with Crippen LogP contribution in [0.3, 0.4) is 0 Å². The maximum atomic E-state index is 5.43. The van der Waals surface area contributed by atoms with Crippen molar-refractivity contribution in [2.75, 3.05) is 13.2 Å². The number of aromatic amines is 1. The Bertz CT molecular complexity index is 531. The standard InChI is InChI=1S/C11H15N3OS/c1-3-15-7-8(2)14-10-4-5-12-6-9(10)13-11(14)16/h4-6,8H,3,7H2,1-2H3,(H,13,16). The van der Waals surface area contributed by atoms with Crippen molar-refractivity contribution in [3.8, 4) is 0 Å². The summed E-state index contributed by atoms with van der Waals surface area (Å²) >= 11 is 5.30. The quantitative estimate of drug-likeness (QED) is 0.831. The Balaban J connectivity index is 2.43. The minimum absolute atomic E-state index is 0.226. The number of imidazole rings is 1. The van der Waals surface area contributed by atoms with Gasteiger partial charge in [-0.1, -0.05) is 0 Å². The lowest BCUT2D eigenvalue weighted by Gasteiger charge is -2.14. The largest absolute Gasteiger partial charge is 0.380 e. The van der Waals surface area contributed by atoms with Crippen molar-refractivity contribution in [3.63, 3.8) is 0 Å². The van der Waals surface area contributed by atoms with Crippen LogP contribution in [0.1, 0.15) is 19.9 Å². The van der Waals surface area contributed by atoms with E-state index in [1.807, 2.05) is 13.0 Å². The number of fused-ring (bicyclic) bond motifs is 1. The van der Waals surface area contributed by atoms with E-state index in [1.54, 1.807) is 12.4 Å². The van der Waals surface area contributed by atoms with E-state index < -0.39 is 0 Å². The van der Waals surface area contributed by atoms with Gasteiger partial charge >= 0.3 is 0 Å². The molecule has 0 saturated heterocycles. The first kappa shape index (κ1) is 11.3. The van der Waals surface area contributed by atoms with E-state index in [0.717, 1.165) is 22.4 Å². The molecule has 86 valence electrons. The minimum atomic E-state index is 0.226. The average Bonchev–Trinajstić information content (AvgIpc) is 2.62. The van der Waals surface area contributed by atoms with Crippen molar-refractivity contribution < 1.29 is 4.74 Å². The van der Waals surface area contributed by atoms with Gasteiger partial charge in [0, 0.05) is 12.8 Å². The van der Waals surface area contributed by atoms with Crippen LogP contribution in [0, 0.1) is 4.77 Å². The first-order valence-corrected chi connectivity index (χ1v) is 5.76. The molecule has 16 heavy (non-hydrogen) atoms. The van der Waals surface area contributed by atoms with Crippen LogP contribution in [0.5, 0.6) is 0 Å². The summed E-state index contributed by atoms with van der Waals surface area (Å²) in [5, 5.41) is 0. The predicted molar refractivity (Wildman–Crippen MR) is 66.1 cm³/mol. The third-order valence-electron chi connectivity index (χ3n) is 2.52. The van der Waals surface area contributed by atoms with E-state index in [9.17, 15) is 0 Å². The molecule has 2 aromatic rings. The maximum Gasteiger partial charge on any atom is 0.178 e. The van der Waals surface area contributed by atoms with Crippen LogP contribution < -0.4 is 0 Å². The number of rotatable bonds is 4. The first-order chi connectivity index (χ1) is 7.74. The van der Waals surface area contributed by atoms with Crippen LogP contribution in [-0.2, 0) is 4.74 Å². The highest BCUT2D eigenvalue weighted by atomic mass is 32.1. The molecule has 0 fully saturated rings. The molecule has 2 rings (SSSR count). The van der Waals surface area contributed by atoms with Crippen molar-refractivity contribution in [3.05, 3.63) is 23.2 Å². The zero-order valence-corrected chi connectivity index (χ0v) is 10.3. The fourth-order valence-corrected chi connectivity index (χ4v) is 2.17. The molecule has 1 N–H and O–H groups in total. The molecule has 0 radical (unpaired) electrons. The van der Waals surface area contributed by atoms with Gasteiger partial charge in [0.1, 0.15) is 0 Å². The van der Waals surface area contributed by atoms with Gasteiger partial charge in [-0.2, -0.15) is 0 Å². The second kappa shape index (κ2) is 4.76. The molecule has 0 amide bonds. The maximum absolute atomic E-state index is 5.43. The number of aromatic nitrogens is 3. The Labute approximate surface area is 99.3 Å². The molecule has 2 heterocycles. The number of nitrogens with one attached hydrogen (secondary N) is 1. The van der Waals surface area contributed by atoms with Crippen molar-refractivity contribution in [2.24, 2.45) is 0 Å². The number of hydrogen-bond donors (Lipinski definition) is 1. The van der Waals surface area contributed by atoms with E-state index in [4.69, 9.17) is 17.0 Å². The Morgan fingerprint density at radius 1 is 1.62 bits per heavy atom. The molecule has 4 nitrogen and oxygen atoms in total. The summed E-state index contributed by atoms with van der Waals surface area (Å²) in [6.45, 7) is 5.48. The monoisotopic (exact) mass is 237 g/mol. The summed E-state index contributed by atoms with van der Waals surface area (Å²) in [5.74, 6) is 0. The average molecular weight is 237 g/mol. The molecule has 0 aromatic carbocycles. The second-order valence-corrected chi connectivity index (χ2v) is 4.09. The van der Waals surface area contributed by atoms with Gasteiger partial charge in [-0.3, -0.25) is 4.98 Å². The summed E-state index contributed by atoms with van der Waals surface area (Å²) in [5.41, 5.74) is 2.04. The highest BCUT2D eigenvalue weighted by Gasteiger charge is 2.10. The molecule has 0 saturated carbocycles. The lowest BCUT2D eigenvalue weighted by atomic mass is 10.3. The third kappa shape index (κ3) is 2.01. The van der Waals surface area contributed by atoms with Gasteiger partial charge in [0.05, 0.1) is 29.9 Å². The van der Waals surface area contributed by atoms with Crippen LogP contribution in [0.15, 0.2) is 18.5 Å². The molecule has 0 bridgehead atoms. The van der Waals surface area contributed by atoms with Gasteiger partial charge in [0.25, 0.3) is 0 Å². The zero-order valence-electron chi connectivity index (χ0n) is 9.43. The van der Waals surface area contributed by atoms with E-state index in [1.165, 1.54) is 0 Å². The normalized spacial score (nSPS) is 13.1. The predicted octanol–water partition coefficient (Wildman–Crippen LogP) is 2.69. The van der Waals surface area contributed by atoms with Crippen molar-refractivity contribution in [2.45, 2.75) is 19.9 Å². The van der Waals surface area contributed by atoms with E-state index in [2.05, 4.69) is 21.5 Å². The molecule has 1 unspecified atom stereocenters. The fourth-order valence-electron chi connectivity index (χ4n) is 1.78. The SMILES string of the molecule is CCOCC(C)n1c(=S)[nH]c2cnccc21. The van der Waals surface area contributed by atoms with E-state index in [-0.39, 0.29) is 6.04 Å². The number of H-pyrrole nitrogens is 1. The van der Waals surface area contributed by atoms with Gasteiger partial charge in [-0.15, -0.1) is 0 Å². The minimum Gasteiger partial charge on any atom is -0.380 e. The van der Waals surface area contributed by atoms with Crippen molar-refractivity contribution >= 4 is 23.3 Å². The molecule has 0 aliphatic rings. The fraction of sp³-hybridized carbons (Fsp3) is 0.455. The number of hydrogen-bond acceptors (Lipinski definition) is 3. The summed E-state index contributed by atoms with van der Waals surface area (Å²) in [7, 11) is 0. The van der Waals surface area contributed by atoms with E-state index >= 15 is 0 Å². The molecular weight excluding hydrogens is 222 g/mol. The van der Waals surface area contributed by atoms with Crippen LogP contribution in [0.2, 0.25) is 0 Å². The zero-order chi connectivity index (χ0) is 11.5. The lowest BCUT2D eigenvalue weighted by Crippen LogP contribution is -2.12. The van der Waals surface area contributed by atoms with Crippen LogP contribution >= 0.6 is 12.2 Å². The van der Waals surface area contributed by atoms with E-state index in [0.29, 0.717) is 6.61 Å². The highest BCUT2D eigenvalue weighted by Crippen LogP contribution is 2.18. The third-order valence-corrected chi connectivity index (χ3v) is 2.82. The Hall–Kier alpha value is -1.20. The topological polar surface area (TPSA) is 42.8 Å². The molecule has 0 spiro atoms. The van der Waals surface area contributed by atoms with Crippen LogP contribution in [0.25, 0.3) is 11.0 Å². The van der Waals surface area contributed by atoms with Gasteiger partial charge in [-0.05, 0) is 32.1 Å². The Kier molecular flexibility index (Phi) is 3.36. The van der Waals surface area contributed by atoms with Gasteiger partial charge in [0.15, 0.2) is 4.77 Å². The summed E-state index contributed by atoms with van der Waals surface area (Å²) in [6.07, 6.45) is 3.56. The first-order valence-electron chi connectivity index (χ1n) is 5.36. The summed E-state index contributed by atoms with van der Waals surface area (Å²) < 4.78 is 8.22. The molecular formula is C11H15N3OS. The van der Waals surface area contributed by atoms with Gasteiger partial charge in [0.2, 0.25) is 0 Å². The highest BCUT2D eigenvalue weighted by molar-refractivity contribution is 7.71. The molecule has 2 aromatic heterocycles. The van der Waals surface area contributed by atoms with Gasteiger partial charge < -0.3 is 14.3 Å². The number of pyridine rings is 1. The number of nitrogens with zero attached hydrogens (tertiary/aromatic N) is 2. The molecule has 0 aliphatic carbocycles. The van der Waals surface area contributed by atoms with Crippen LogP contribution in [0.4, 0.5) is 0 Å². The number of ether oxygens (including phenoxy) is 1. The Morgan fingerprint density at radius 3 is 3.19 bits per heavy atom. The van der Waals surface area contributed by atoms with Crippen molar-refractivity contribution in [1.29, 1.82) is 0 Å². The summed E-state index contributed by atoms with van der Waals surface area (Å²) in [4.78, 5) is 7.21. The summed E-state index contributed by atoms with van der Waals surface area (Å²) in [6, 6.07) is 2.19. The van der Waals surface area contributed by atoms with Gasteiger partial charge in [-0.25, -0.2) is 0 Å². The van der Waals surface area contributed by atoms with Crippen molar-refractivity contribution in [1.82, 2.24) is 14.5 Å². The lowest BCUT2D eigenvalue weighted by molar-refractivity contribution is 0.119. The molecule has 1 atom stereocenters. The Morgan fingerprint density at radius 2 is 2.44 bits per heavy atom. The second-order valence-electron chi connectivity index (χ2n) is 3.70. The smallest absolute Gasteiger partial charge is 0.178 e. The molecule has 5 heteroatoms.